The number of carbonyl (C=O) groups excluding carboxylic acids is 2. The van der Waals surface area contributed by atoms with E-state index in [9.17, 15) is 9.59 Å². The van der Waals surface area contributed by atoms with Crippen LogP contribution in [0.1, 0.15) is 65.2 Å². The summed E-state index contributed by atoms with van der Waals surface area (Å²) < 4.78 is 5.40. The van der Waals surface area contributed by atoms with Crippen LogP contribution in [0.5, 0.6) is 0 Å². The molecule has 0 radical (unpaired) electrons. The summed E-state index contributed by atoms with van der Waals surface area (Å²) in [5.41, 5.74) is 5.11. The second-order valence-electron chi connectivity index (χ2n) is 8.35. The quantitative estimate of drug-likeness (QED) is 0.731. The van der Waals surface area contributed by atoms with E-state index in [1.165, 1.54) is 12.0 Å². The van der Waals surface area contributed by atoms with Gasteiger partial charge in [0.15, 0.2) is 0 Å². The van der Waals surface area contributed by atoms with Crippen molar-refractivity contribution < 1.29 is 14.3 Å². The third kappa shape index (κ3) is 3.79. The van der Waals surface area contributed by atoms with Crippen molar-refractivity contribution in [2.24, 2.45) is 0 Å². The maximum Gasteiger partial charge on any atom is 0.332 e. The van der Waals surface area contributed by atoms with E-state index in [-0.39, 0.29) is 18.5 Å². The van der Waals surface area contributed by atoms with Crippen LogP contribution in [0.25, 0.3) is 5.57 Å². The molecule has 30 heavy (non-hydrogen) atoms. The topological polar surface area (TPSA) is 55.4 Å². The maximum atomic E-state index is 13.5. The molecule has 0 bridgehead atoms. The SMILES string of the molecule is CCOC(=O)C1(NC(=O)c2cccc(C)c2C2=CCCCC2)Cc2ccccc2C1. The molecule has 2 aliphatic carbocycles. The van der Waals surface area contributed by atoms with Gasteiger partial charge in [0.1, 0.15) is 5.54 Å². The largest absolute Gasteiger partial charge is 0.464 e. The fraction of sp³-hybridized carbons (Fsp3) is 0.385. The first-order chi connectivity index (χ1) is 14.5. The van der Waals surface area contributed by atoms with Gasteiger partial charge in [0, 0.05) is 18.4 Å². The summed E-state index contributed by atoms with van der Waals surface area (Å²) in [6.45, 7) is 4.13. The van der Waals surface area contributed by atoms with Crippen molar-refractivity contribution in [2.75, 3.05) is 6.61 Å². The molecule has 0 aromatic heterocycles. The van der Waals surface area contributed by atoms with Gasteiger partial charge in [-0.3, -0.25) is 4.79 Å². The van der Waals surface area contributed by atoms with Gasteiger partial charge in [0.05, 0.1) is 6.61 Å². The van der Waals surface area contributed by atoms with E-state index in [0.29, 0.717) is 18.4 Å². The lowest BCUT2D eigenvalue weighted by molar-refractivity contribution is -0.150. The van der Waals surface area contributed by atoms with Crippen molar-refractivity contribution in [2.45, 2.75) is 57.9 Å². The van der Waals surface area contributed by atoms with E-state index in [2.05, 4.69) is 11.4 Å². The Morgan fingerprint density at radius 3 is 2.40 bits per heavy atom. The lowest BCUT2D eigenvalue weighted by Gasteiger charge is -2.29. The van der Waals surface area contributed by atoms with E-state index >= 15 is 0 Å². The van der Waals surface area contributed by atoms with Gasteiger partial charge in [-0.1, -0.05) is 42.5 Å². The molecular weight excluding hydrogens is 374 g/mol. The molecular formula is C26H29NO3. The fourth-order valence-electron chi connectivity index (χ4n) is 4.80. The zero-order valence-electron chi connectivity index (χ0n) is 17.8. The second kappa shape index (κ2) is 8.47. The molecule has 156 valence electrons. The fourth-order valence-corrected chi connectivity index (χ4v) is 4.80. The highest BCUT2D eigenvalue weighted by molar-refractivity contribution is 6.02. The van der Waals surface area contributed by atoms with Crippen LogP contribution in [0.4, 0.5) is 0 Å². The van der Waals surface area contributed by atoms with Crippen LogP contribution in [0.15, 0.2) is 48.5 Å². The molecule has 0 aliphatic heterocycles. The van der Waals surface area contributed by atoms with Crippen LogP contribution in [0, 0.1) is 6.92 Å². The van der Waals surface area contributed by atoms with E-state index in [1.807, 2.05) is 49.4 Å². The van der Waals surface area contributed by atoms with E-state index in [4.69, 9.17) is 4.74 Å². The van der Waals surface area contributed by atoms with Crippen LogP contribution in [-0.2, 0) is 22.4 Å². The molecule has 4 heteroatoms. The summed E-state index contributed by atoms with van der Waals surface area (Å²) in [5, 5.41) is 3.11. The van der Waals surface area contributed by atoms with E-state index in [0.717, 1.165) is 41.5 Å². The average Bonchev–Trinajstić information content (AvgIpc) is 3.13. The number of benzene rings is 2. The lowest BCUT2D eigenvalue weighted by atomic mass is 9.87. The lowest BCUT2D eigenvalue weighted by Crippen LogP contribution is -2.56. The number of esters is 1. The predicted molar refractivity (Wildman–Crippen MR) is 118 cm³/mol. The molecule has 0 spiro atoms. The van der Waals surface area contributed by atoms with Crippen LogP contribution in [0.3, 0.4) is 0 Å². The molecule has 4 rings (SSSR count). The smallest absolute Gasteiger partial charge is 0.332 e. The molecule has 2 aliphatic rings. The molecule has 1 amide bonds. The number of aryl methyl sites for hydroxylation is 1. The molecule has 2 aromatic rings. The number of amides is 1. The Kier molecular flexibility index (Phi) is 5.76. The highest BCUT2D eigenvalue weighted by atomic mass is 16.5. The summed E-state index contributed by atoms with van der Waals surface area (Å²) in [6, 6.07) is 13.8. The Morgan fingerprint density at radius 2 is 1.77 bits per heavy atom. The summed E-state index contributed by atoms with van der Waals surface area (Å²) in [7, 11) is 0. The first kappa shape index (κ1) is 20.4. The third-order valence-electron chi connectivity index (χ3n) is 6.25. The first-order valence-corrected chi connectivity index (χ1v) is 10.9. The van der Waals surface area contributed by atoms with Gasteiger partial charge in [0.25, 0.3) is 5.91 Å². The molecule has 0 fully saturated rings. The minimum Gasteiger partial charge on any atom is -0.464 e. The number of rotatable bonds is 5. The molecule has 4 nitrogen and oxygen atoms in total. The Bertz CT molecular complexity index is 980. The summed E-state index contributed by atoms with van der Waals surface area (Å²) in [4.78, 5) is 26.5. The number of hydrogen-bond donors (Lipinski definition) is 1. The number of carbonyl (C=O) groups is 2. The second-order valence-corrected chi connectivity index (χ2v) is 8.35. The minimum atomic E-state index is -1.06. The van der Waals surface area contributed by atoms with Gasteiger partial charge in [0.2, 0.25) is 0 Å². The molecule has 0 saturated carbocycles. The van der Waals surface area contributed by atoms with E-state index < -0.39 is 5.54 Å². The Labute approximate surface area is 178 Å². The van der Waals surface area contributed by atoms with E-state index in [1.54, 1.807) is 6.92 Å². The standard InChI is InChI=1S/C26H29NO3/c1-3-30-25(29)26(16-20-13-7-8-14-21(20)17-26)27-24(28)22-15-9-10-18(2)23(22)19-11-5-4-6-12-19/h7-11,13-15H,3-6,12,16-17H2,1-2H3,(H,27,28). The van der Waals surface area contributed by atoms with Gasteiger partial charge in [-0.15, -0.1) is 0 Å². The van der Waals surface area contributed by atoms with Crippen LogP contribution in [-0.4, -0.2) is 24.0 Å². The number of allylic oxidation sites excluding steroid dienone is 2. The van der Waals surface area contributed by atoms with Gasteiger partial charge < -0.3 is 10.1 Å². The van der Waals surface area contributed by atoms with Gasteiger partial charge in [-0.2, -0.15) is 0 Å². The molecule has 0 unspecified atom stereocenters. The van der Waals surface area contributed by atoms with Crippen molar-refractivity contribution >= 4 is 17.4 Å². The Morgan fingerprint density at radius 1 is 1.03 bits per heavy atom. The highest BCUT2D eigenvalue weighted by Crippen LogP contribution is 2.34. The van der Waals surface area contributed by atoms with Gasteiger partial charge in [-0.25, -0.2) is 4.79 Å². The highest BCUT2D eigenvalue weighted by Gasteiger charge is 2.46. The van der Waals surface area contributed by atoms with Crippen LogP contribution < -0.4 is 5.32 Å². The zero-order chi connectivity index (χ0) is 21.1. The molecule has 2 aromatic carbocycles. The Hall–Kier alpha value is -2.88. The van der Waals surface area contributed by atoms with Crippen LogP contribution in [0.2, 0.25) is 0 Å². The van der Waals surface area contributed by atoms with Gasteiger partial charge >= 0.3 is 5.97 Å². The molecule has 1 N–H and O–H groups in total. The predicted octanol–water partition coefficient (Wildman–Crippen LogP) is 4.78. The number of nitrogens with one attached hydrogen (secondary N) is 1. The summed E-state index contributed by atoms with van der Waals surface area (Å²) in [5.74, 6) is -0.568. The van der Waals surface area contributed by atoms with Crippen molar-refractivity contribution in [3.63, 3.8) is 0 Å². The molecule has 0 atom stereocenters. The number of hydrogen-bond acceptors (Lipinski definition) is 3. The average molecular weight is 404 g/mol. The summed E-state index contributed by atoms with van der Waals surface area (Å²) in [6.07, 6.45) is 7.54. The minimum absolute atomic E-state index is 0.207. The van der Waals surface area contributed by atoms with Crippen LogP contribution >= 0.6 is 0 Å². The number of fused-ring (bicyclic) bond motifs is 1. The summed E-state index contributed by atoms with van der Waals surface area (Å²) >= 11 is 0. The van der Waals surface area contributed by atoms with Crippen molar-refractivity contribution in [1.29, 1.82) is 0 Å². The van der Waals surface area contributed by atoms with Gasteiger partial charge in [-0.05, 0) is 73.4 Å². The normalized spacial score (nSPS) is 17.1. The monoisotopic (exact) mass is 403 g/mol. The number of ether oxygens (including phenoxy) is 1. The van der Waals surface area contributed by atoms with Crippen molar-refractivity contribution in [3.8, 4) is 0 Å². The molecule has 0 heterocycles. The molecule has 0 saturated heterocycles. The zero-order valence-corrected chi connectivity index (χ0v) is 17.8. The maximum absolute atomic E-state index is 13.5. The van der Waals surface area contributed by atoms with Crippen molar-refractivity contribution in [1.82, 2.24) is 5.32 Å². The van der Waals surface area contributed by atoms with Crippen molar-refractivity contribution in [3.05, 3.63) is 76.4 Å². The first-order valence-electron chi connectivity index (χ1n) is 10.9. The Balaban J connectivity index is 1.69. The third-order valence-corrected chi connectivity index (χ3v) is 6.25.